The summed E-state index contributed by atoms with van der Waals surface area (Å²) in [5.74, 6) is 0. The summed E-state index contributed by atoms with van der Waals surface area (Å²) in [4.78, 5) is 15.0. The zero-order valence-corrected chi connectivity index (χ0v) is 11.8. The Morgan fingerprint density at radius 1 is 1.24 bits per heavy atom. The third-order valence-corrected chi connectivity index (χ3v) is 3.24. The highest BCUT2D eigenvalue weighted by molar-refractivity contribution is 7.80. The van der Waals surface area contributed by atoms with E-state index < -0.39 is 0 Å². The van der Waals surface area contributed by atoms with Gasteiger partial charge in [-0.2, -0.15) is 5.10 Å². The lowest BCUT2D eigenvalue weighted by atomic mass is 10.1. The minimum atomic E-state index is -0.215. The molecule has 0 radical (unpaired) electrons. The molecular weight excluding hydrogens is 284 g/mol. The molecule has 0 amide bonds. The number of nitrogens with one attached hydrogen (secondary N) is 2. The Kier molecular flexibility index (Phi) is 3.37. The van der Waals surface area contributed by atoms with Crippen molar-refractivity contribution in [3.63, 3.8) is 0 Å². The van der Waals surface area contributed by atoms with Crippen molar-refractivity contribution >= 4 is 45.2 Å². The molecule has 21 heavy (non-hydrogen) atoms. The van der Waals surface area contributed by atoms with Crippen LogP contribution in [0.15, 0.2) is 52.4 Å². The molecule has 2 aromatic carbocycles. The molecule has 104 valence electrons. The molecule has 1 heterocycles. The van der Waals surface area contributed by atoms with Crippen LogP contribution in [0.3, 0.4) is 0 Å². The van der Waals surface area contributed by atoms with Crippen molar-refractivity contribution in [2.24, 2.45) is 10.8 Å². The lowest BCUT2D eigenvalue weighted by Crippen LogP contribution is -2.24. The van der Waals surface area contributed by atoms with Gasteiger partial charge in [-0.15, -0.1) is 0 Å². The molecule has 3 aromatic rings. The van der Waals surface area contributed by atoms with E-state index in [0.717, 1.165) is 21.7 Å². The summed E-state index contributed by atoms with van der Waals surface area (Å²) in [6.07, 6.45) is 1.40. The van der Waals surface area contributed by atoms with Crippen molar-refractivity contribution in [3.05, 3.63) is 58.4 Å². The van der Waals surface area contributed by atoms with Crippen LogP contribution in [-0.4, -0.2) is 16.3 Å². The number of hydrogen-bond acceptors (Lipinski definition) is 3. The Hall–Kier alpha value is -2.73. The van der Waals surface area contributed by atoms with E-state index in [1.807, 2.05) is 36.4 Å². The lowest BCUT2D eigenvalue weighted by molar-refractivity contribution is 1.04. The topological polar surface area (TPSA) is 83.3 Å². The molecule has 3 rings (SSSR count). The number of H-pyrrole nitrogens is 1. The van der Waals surface area contributed by atoms with Gasteiger partial charge >= 0.3 is 0 Å². The molecule has 0 atom stereocenters. The van der Waals surface area contributed by atoms with Crippen molar-refractivity contribution < 1.29 is 0 Å². The summed E-state index contributed by atoms with van der Waals surface area (Å²) in [6.45, 7) is 0. The number of benzene rings is 2. The molecule has 5 nitrogen and oxygen atoms in total. The van der Waals surface area contributed by atoms with Gasteiger partial charge in [-0.3, -0.25) is 10.2 Å². The number of aromatic nitrogens is 1. The van der Waals surface area contributed by atoms with E-state index >= 15 is 0 Å². The summed E-state index contributed by atoms with van der Waals surface area (Å²) < 4.78 is 0. The summed E-state index contributed by atoms with van der Waals surface area (Å²) in [7, 11) is 0. The number of nitrogens with two attached hydrogens (primary N) is 1. The second-order valence-corrected chi connectivity index (χ2v) is 4.98. The maximum absolute atomic E-state index is 12.1. The van der Waals surface area contributed by atoms with Gasteiger partial charge in [-0.1, -0.05) is 36.4 Å². The highest BCUT2D eigenvalue weighted by Gasteiger charge is 2.04. The first-order valence-corrected chi connectivity index (χ1v) is 6.69. The second kappa shape index (κ2) is 5.34. The van der Waals surface area contributed by atoms with Gasteiger partial charge in [0, 0.05) is 5.39 Å². The fourth-order valence-electron chi connectivity index (χ4n) is 2.23. The van der Waals surface area contributed by atoms with Gasteiger partial charge < -0.3 is 10.7 Å². The minimum absolute atomic E-state index is 0.0504. The van der Waals surface area contributed by atoms with Gasteiger partial charge in [0.25, 0.3) is 5.56 Å². The molecule has 0 saturated carbocycles. The van der Waals surface area contributed by atoms with Crippen LogP contribution >= 0.6 is 12.2 Å². The smallest absolute Gasteiger partial charge is 0.257 e. The number of rotatable bonds is 2. The van der Waals surface area contributed by atoms with E-state index in [2.05, 4.69) is 27.7 Å². The van der Waals surface area contributed by atoms with Crippen LogP contribution in [0.4, 0.5) is 0 Å². The minimum Gasteiger partial charge on any atom is -0.375 e. The van der Waals surface area contributed by atoms with Gasteiger partial charge in [0.2, 0.25) is 0 Å². The first-order valence-electron chi connectivity index (χ1n) is 6.28. The summed E-state index contributed by atoms with van der Waals surface area (Å²) in [5, 5.41) is 6.89. The van der Waals surface area contributed by atoms with Crippen LogP contribution in [0.25, 0.3) is 21.7 Å². The molecule has 0 bridgehead atoms. The highest BCUT2D eigenvalue weighted by Crippen LogP contribution is 2.22. The van der Waals surface area contributed by atoms with Crippen LogP contribution in [0.5, 0.6) is 0 Å². The molecule has 1 aromatic heterocycles. The quantitative estimate of drug-likeness (QED) is 0.292. The average Bonchev–Trinajstić information content (AvgIpc) is 2.47. The van der Waals surface area contributed by atoms with E-state index in [0.29, 0.717) is 5.56 Å². The predicted octanol–water partition coefficient (Wildman–Crippen LogP) is 1.85. The first-order chi connectivity index (χ1) is 10.1. The number of hydrogen-bond donors (Lipinski definition) is 3. The number of hydrazone groups is 1. The van der Waals surface area contributed by atoms with E-state index in [1.54, 1.807) is 6.07 Å². The summed E-state index contributed by atoms with van der Waals surface area (Å²) in [5.41, 5.74) is 8.73. The lowest BCUT2D eigenvalue weighted by Gasteiger charge is -2.04. The third-order valence-electron chi connectivity index (χ3n) is 3.15. The van der Waals surface area contributed by atoms with Crippen LogP contribution < -0.4 is 16.7 Å². The van der Waals surface area contributed by atoms with Crippen LogP contribution in [0.1, 0.15) is 5.56 Å². The van der Waals surface area contributed by atoms with Crippen LogP contribution in [-0.2, 0) is 0 Å². The first kappa shape index (κ1) is 13.3. The molecular formula is C15H12N4OS. The van der Waals surface area contributed by atoms with E-state index in [9.17, 15) is 4.79 Å². The summed E-state index contributed by atoms with van der Waals surface area (Å²) in [6, 6.07) is 13.7. The third kappa shape index (κ3) is 2.61. The standard InChI is InChI=1S/C15H12N4OS/c16-15(21)19-17-8-11-7-10-6-5-9-3-1-2-4-12(9)13(10)18-14(11)20/h1-8H,(H,18,20)(H3,16,19,21)/b17-8+. The molecule has 0 aliphatic carbocycles. The number of nitrogens with zero attached hydrogens (tertiary/aromatic N) is 1. The predicted molar refractivity (Wildman–Crippen MR) is 89.6 cm³/mol. The van der Waals surface area contributed by atoms with Gasteiger partial charge in [-0.25, -0.2) is 0 Å². The van der Waals surface area contributed by atoms with Gasteiger partial charge in [0.15, 0.2) is 5.11 Å². The van der Waals surface area contributed by atoms with Crippen LogP contribution in [0.2, 0.25) is 0 Å². The molecule has 0 unspecified atom stereocenters. The normalized spacial score (nSPS) is 11.2. The molecule has 0 fully saturated rings. The van der Waals surface area contributed by atoms with Gasteiger partial charge in [-0.05, 0) is 29.1 Å². The van der Waals surface area contributed by atoms with E-state index in [-0.39, 0.29) is 10.7 Å². The number of pyridine rings is 1. The molecule has 0 aliphatic heterocycles. The van der Waals surface area contributed by atoms with E-state index in [4.69, 9.17) is 5.73 Å². The molecule has 6 heteroatoms. The maximum Gasteiger partial charge on any atom is 0.257 e. The Balaban J connectivity index is 2.16. The Morgan fingerprint density at radius 3 is 2.81 bits per heavy atom. The second-order valence-electron chi connectivity index (χ2n) is 4.54. The van der Waals surface area contributed by atoms with Crippen molar-refractivity contribution in [2.45, 2.75) is 0 Å². The average molecular weight is 296 g/mol. The number of fused-ring (bicyclic) bond motifs is 3. The van der Waals surface area contributed by atoms with Crippen molar-refractivity contribution in [1.29, 1.82) is 0 Å². The summed E-state index contributed by atoms with van der Waals surface area (Å²) >= 11 is 4.64. The van der Waals surface area contributed by atoms with Crippen LogP contribution in [0, 0.1) is 0 Å². The number of thiocarbonyl (C=S) groups is 1. The molecule has 4 N–H and O–H groups in total. The SMILES string of the molecule is NC(=S)N/N=C/c1cc2ccc3ccccc3c2[nH]c1=O. The zero-order valence-electron chi connectivity index (χ0n) is 11.0. The van der Waals surface area contributed by atoms with Crippen molar-refractivity contribution in [3.8, 4) is 0 Å². The zero-order chi connectivity index (χ0) is 14.8. The fourth-order valence-corrected chi connectivity index (χ4v) is 2.28. The van der Waals surface area contributed by atoms with Gasteiger partial charge in [0.05, 0.1) is 17.3 Å². The Morgan fingerprint density at radius 2 is 2.00 bits per heavy atom. The Bertz CT molecular complexity index is 930. The molecule has 0 spiro atoms. The Labute approximate surface area is 125 Å². The maximum atomic E-state index is 12.1. The van der Waals surface area contributed by atoms with Crippen molar-refractivity contribution in [2.75, 3.05) is 0 Å². The molecule has 0 aliphatic rings. The van der Waals surface area contributed by atoms with Gasteiger partial charge in [0.1, 0.15) is 0 Å². The monoisotopic (exact) mass is 296 g/mol. The van der Waals surface area contributed by atoms with E-state index in [1.165, 1.54) is 6.21 Å². The highest BCUT2D eigenvalue weighted by atomic mass is 32.1. The fraction of sp³-hybridized carbons (Fsp3) is 0. The largest absolute Gasteiger partial charge is 0.375 e. The number of aromatic amines is 1. The molecule has 0 saturated heterocycles. The van der Waals surface area contributed by atoms with Crippen molar-refractivity contribution in [1.82, 2.24) is 10.4 Å².